The molecular weight excluding hydrogens is 440 g/mol. The summed E-state index contributed by atoms with van der Waals surface area (Å²) in [6, 6.07) is 15.6. The van der Waals surface area contributed by atoms with Gasteiger partial charge in [-0.15, -0.1) is 0 Å². The first-order chi connectivity index (χ1) is 16.0. The van der Waals surface area contributed by atoms with Crippen LogP contribution in [0.3, 0.4) is 0 Å². The predicted octanol–water partition coefficient (Wildman–Crippen LogP) is 4.63. The minimum atomic E-state index is 0.0544. The largest absolute Gasteiger partial charge is 0.338 e. The summed E-state index contributed by atoms with van der Waals surface area (Å²) < 4.78 is 11.0. The Kier molecular flexibility index (Phi) is 6.22. The van der Waals surface area contributed by atoms with E-state index in [2.05, 4.69) is 56.1 Å². The Morgan fingerprint density at radius 1 is 0.848 bits per heavy atom. The van der Waals surface area contributed by atoms with Gasteiger partial charge in [0, 0.05) is 42.3 Å². The maximum atomic E-state index is 5.95. The van der Waals surface area contributed by atoms with Crippen molar-refractivity contribution in [3.05, 3.63) is 70.9 Å². The van der Waals surface area contributed by atoms with Crippen LogP contribution in [0.4, 0.5) is 0 Å². The van der Waals surface area contributed by atoms with Gasteiger partial charge in [-0.3, -0.25) is 9.80 Å². The molecule has 0 N–H and O–H groups in total. The van der Waals surface area contributed by atoms with Crippen LogP contribution in [0, 0.1) is 6.92 Å². The Labute approximate surface area is 197 Å². The van der Waals surface area contributed by atoms with E-state index in [0.717, 1.165) is 37.3 Å². The fourth-order valence-corrected chi connectivity index (χ4v) is 4.04. The summed E-state index contributed by atoms with van der Waals surface area (Å²) in [5.74, 6) is 2.46. The summed E-state index contributed by atoms with van der Waals surface area (Å²) in [4.78, 5) is 13.8. The monoisotopic (exact) mass is 464 g/mol. The summed E-state index contributed by atoms with van der Waals surface area (Å²) in [6.45, 7) is 8.36. The van der Waals surface area contributed by atoms with Crippen LogP contribution in [0.15, 0.2) is 57.6 Å². The van der Waals surface area contributed by atoms with E-state index in [1.54, 1.807) is 0 Å². The zero-order chi connectivity index (χ0) is 22.8. The van der Waals surface area contributed by atoms with Crippen LogP contribution < -0.4 is 0 Å². The molecule has 1 aliphatic rings. The van der Waals surface area contributed by atoms with Crippen molar-refractivity contribution in [1.29, 1.82) is 0 Å². The summed E-state index contributed by atoms with van der Waals surface area (Å²) >= 11 is 5.95. The van der Waals surface area contributed by atoms with Gasteiger partial charge < -0.3 is 9.05 Å². The topological polar surface area (TPSA) is 84.3 Å². The molecule has 0 bridgehead atoms. The second-order valence-corrected chi connectivity index (χ2v) is 8.77. The van der Waals surface area contributed by atoms with E-state index in [4.69, 9.17) is 20.6 Å². The third-order valence-corrected chi connectivity index (χ3v) is 6.24. The number of rotatable bonds is 6. The van der Waals surface area contributed by atoms with Crippen molar-refractivity contribution in [3.8, 4) is 22.8 Å². The third-order valence-electron chi connectivity index (χ3n) is 5.99. The Morgan fingerprint density at radius 3 is 2.15 bits per heavy atom. The molecular formula is C24H25ClN6O2. The van der Waals surface area contributed by atoms with Gasteiger partial charge in [0.1, 0.15) is 0 Å². The number of benzene rings is 2. The standard InChI is InChI=1S/C24H25ClN6O2/c1-16-3-5-18(6-4-16)23-27-24(33-29-23)17(2)31-13-11-30(12-14-31)15-21-26-22(28-32-21)19-7-9-20(25)10-8-19/h3-10,17H,11-15H2,1-2H3/t17-/m1/s1. The lowest BCUT2D eigenvalue weighted by atomic mass is 10.1. The minimum absolute atomic E-state index is 0.0544. The molecule has 0 saturated carbocycles. The summed E-state index contributed by atoms with van der Waals surface area (Å²) in [5.41, 5.74) is 3.05. The van der Waals surface area contributed by atoms with Crippen LogP contribution in [0.5, 0.6) is 0 Å². The number of aryl methyl sites for hydroxylation is 1. The number of piperazine rings is 1. The van der Waals surface area contributed by atoms with E-state index >= 15 is 0 Å². The first-order valence-electron chi connectivity index (χ1n) is 11.0. The molecule has 0 amide bonds. The van der Waals surface area contributed by atoms with Crippen molar-refractivity contribution < 1.29 is 9.05 Å². The first kappa shape index (κ1) is 21.8. The second kappa shape index (κ2) is 9.43. The smallest absolute Gasteiger partial charge is 0.244 e. The van der Waals surface area contributed by atoms with E-state index < -0.39 is 0 Å². The van der Waals surface area contributed by atoms with E-state index in [0.29, 0.717) is 35.0 Å². The second-order valence-electron chi connectivity index (χ2n) is 8.33. The van der Waals surface area contributed by atoms with Gasteiger partial charge in [-0.25, -0.2) is 0 Å². The molecule has 1 saturated heterocycles. The molecule has 33 heavy (non-hydrogen) atoms. The van der Waals surface area contributed by atoms with Crippen molar-refractivity contribution in [3.63, 3.8) is 0 Å². The van der Waals surface area contributed by atoms with Crippen LogP contribution in [0.1, 0.15) is 30.3 Å². The normalized spacial score (nSPS) is 16.2. The quantitative estimate of drug-likeness (QED) is 0.408. The Bertz CT molecular complexity index is 1200. The highest BCUT2D eigenvalue weighted by Crippen LogP contribution is 2.24. The van der Waals surface area contributed by atoms with Crippen LogP contribution in [0.2, 0.25) is 5.02 Å². The number of hydrogen-bond donors (Lipinski definition) is 0. The van der Waals surface area contributed by atoms with E-state index in [-0.39, 0.29) is 6.04 Å². The SMILES string of the molecule is Cc1ccc(-c2noc([C@@H](C)N3CCN(Cc4nc(-c5ccc(Cl)cc5)no4)CC3)n2)cc1. The molecule has 5 rings (SSSR count). The molecule has 1 fully saturated rings. The molecule has 0 aliphatic carbocycles. The number of hydrogen-bond acceptors (Lipinski definition) is 8. The molecule has 4 aromatic rings. The van der Waals surface area contributed by atoms with Crippen LogP contribution in [0.25, 0.3) is 22.8 Å². The van der Waals surface area contributed by atoms with Crippen molar-refractivity contribution >= 4 is 11.6 Å². The van der Waals surface area contributed by atoms with Crippen LogP contribution in [-0.4, -0.2) is 56.3 Å². The molecule has 0 spiro atoms. The number of aromatic nitrogens is 4. The molecule has 2 aromatic heterocycles. The Morgan fingerprint density at radius 2 is 1.45 bits per heavy atom. The zero-order valence-electron chi connectivity index (χ0n) is 18.6. The van der Waals surface area contributed by atoms with Gasteiger partial charge in [0.2, 0.25) is 23.4 Å². The summed E-state index contributed by atoms with van der Waals surface area (Å²) in [7, 11) is 0. The van der Waals surface area contributed by atoms with Crippen molar-refractivity contribution in [2.45, 2.75) is 26.4 Å². The molecule has 0 radical (unpaired) electrons. The molecule has 8 nitrogen and oxygen atoms in total. The minimum Gasteiger partial charge on any atom is -0.338 e. The van der Waals surface area contributed by atoms with Gasteiger partial charge in [0.05, 0.1) is 12.6 Å². The highest BCUT2D eigenvalue weighted by Gasteiger charge is 2.27. The molecule has 1 aliphatic heterocycles. The maximum Gasteiger partial charge on any atom is 0.244 e. The highest BCUT2D eigenvalue weighted by atomic mass is 35.5. The fourth-order valence-electron chi connectivity index (χ4n) is 3.92. The third kappa shape index (κ3) is 4.98. The lowest BCUT2D eigenvalue weighted by Crippen LogP contribution is -2.46. The molecule has 0 unspecified atom stereocenters. The summed E-state index contributed by atoms with van der Waals surface area (Å²) in [5, 5.41) is 8.96. The van der Waals surface area contributed by atoms with Gasteiger partial charge in [-0.1, -0.05) is 51.7 Å². The molecule has 170 valence electrons. The van der Waals surface area contributed by atoms with Gasteiger partial charge >= 0.3 is 0 Å². The molecule has 3 heterocycles. The van der Waals surface area contributed by atoms with Gasteiger partial charge in [-0.05, 0) is 38.1 Å². The van der Waals surface area contributed by atoms with E-state index in [1.807, 2.05) is 36.4 Å². The van der Waals surface area contributed by atoms with Crippen LogP contribution >= 0.6 is 11.6 Å². The maximum absolute atomic E-state index is 5.95. The average molecular weight is 465 g/mol. The Hall–Kier alpha value is -3.07. The number of nitrogens with zero attached hydrogens (tertiary/aromatic N) is 6. The lowest BCUT2D eigenvalue weighted by Gasteiger charge is -2.36. The highest BCUT2D eigenvalue weighted by molar-refractivity contribution is 6.30. The average Bonchev–Trinajstić information content (AvgIpc) is 3.51. The van der Waals surface area contributed by atoms with Gasteiger partial charge in [-0.2, -0.15) is 9.97 Å². The first-order valence-corrected chi connectivity index (χ1v) is 11.4. The van der Waals surface area contributed by atoms with Crippen molar-refractivity contribution in [1.82, 2.24) is 30.1 Å². The molecule has 2 aromatic carbocycles. The predicted molar refractivity (Wildman–Crippen MR) is 124 cm³/mol. The Balaban J connectivity index is 1.16. The lowest BCUT2D eigenvalue weighted by molar-refractivity contribution is 0.0785. The van der Waals surface area contributed by atoms with Crippen molar-refractivity contribution in [2.24, 2.45) is 0 Å². The van der Waals surface area contributed by atoms with Crippen LogP contribution in [-0.2, 0) is 6.54 Å². The number of halogens is 1. The van der Waals surface area contributed by atoms with Crippen molar-refractivity contribution in [2.75, 3.05) is 26.2 Å². The summed E-state index contributed by atoms with van der Waals surface area (Å²) in [6.07, 6.45) is 0. The van der Waals surface area contributed by atoms with E-state index in [1.165, 1.54) is 5.56 Å². The fraction of sp³-hybridized carbons (Fsp3) is 0.333. The van der Waals surface area contributed by atoms with E-state index in [9.17, 15) is 0 Å². The molecule has 1 atom stereocenters. The van der Waals surface area contributed by atoms with Gasteiger partial charge in [0.25, 0.3) is 0 Å². The zero-order valence-corrected chi connectivity index (χ0v) is 19.4. The van der Waals surface area contributed by atoms with Gasteiger partial charge in [0.15, 0.2) is 0 Å². The molecule has 9 heteroatoms.